The van der Waals surface area contributed by atoms with Crippen molar-refractivity contribution in [3.8, 4) is 0 Å². The number of nitrogens with zero attached hydrogens (tertiary/aromatic N) is 3. The lowest BCUT2D eigenvalue weighted by Crippen LogP contribution is -2.39. The zero-order chi connectivity index (χ0) is 21.6. The van der Waals surface area contributed by atoms with E-state index in [2.05, 4.69) is 24.1 Å². The smallest absolute Gasteiger partial charge is 0.322 e. The summed E-state index contributed by atoms with van der Waals surface area (Å²) in [7, 11) is 0. The number of amides is 3. The molecular weight excluding hydrogens is 384 g/mol. The Morgan fingerprint density at radius 1 is 1.07 bits per heavy atom. The molecule has 2 aromatic rings. The van der Waals surface area contributed by atoms with E-state index in [1.165, 1.54) is 16.9 Å². The highest BCUT2D eigenvalue weighted by atomic mass is 32.1. The molecule has 0 aliphatic carbocycles. The maximum Gasteiger partial charge on any atom is 0.322 e. The first-order chi connectivity index (χ1) is 13.8. The van der Waals surface area contributed by atoms with E-state index in [4.69, 9.17) is 0 Å². The van der Waals surface area contributed by atoms with E-state index in [1.54, 1.807) is 15.2 Å². The van der Waals surface area contributed by atoms with E-state index >= 15 is 0 Å². The molecule has 6 nitrogen and oxygen atoms in total. The van der Waals surface area contributed by atoms with Crippen molar-refractivity contribution >= 4 is 29.0 Å². The summed E-state index contributed by atoms with van der Waals surface area (Å²) < 4.78 is 0. The Morgan fingerprint density at radius 3 is 2.21 bits per heavy atom. The molecule has 0 atom stereocenters. The molecule has 0 saturated carbocycles. The molecule has 3 amide bonds. The number of carbonyl (C=O) groups is 2. The minimum absolute atomic E-state index is 0.00392. The molecule has 1 N–H and O–H groups in total. The molecule has 0 aliphatic rings. The fraction of sp³-hybridized carbons (Fsp3) is 0.500. The van der Waals surface area contributed by atoms with Crippen LogP contribution in [0.5, 0.6) is 0 Å². The monoisotopic (exact) mass is 416 g/mol. The minimum Gasteiger partial charge on any atom is -0.338 e. The summed E-state index contributed by atoms with van der Waals surface area (Å²) >= 11 is 1.41. The minimum atomic E-state index is -0.177. The number of hydrogen-bond acceptors (Lipinski definition) is 4. The molecule has 0 aliphatic heterocycles. The van der Waals surface area contributed by atoms with Crippen LogP contribution in [0.25, 0.3) is 0 Å². The van der Waals surface area contributed by atoms with Crippen LogP contribution in [0.2, 0.25) is 0 Å². The zero-order valence-corrected chi connectivity index (χ0v) is 19.0. The van der Waals surface area contributed by atoms with Gasteiger partial charge in [0, 0.05) is 30.2 Å². The van der Waals surface area contributed by atoms with Crippen molar-refractivity contribution in [1.29, 1.82) is 0 Å². The Bertz CT molecular complexity index is 810. The Labute approximate surface area is 177 Å². The predicted molar refractivity (Wildman–Crippen MR) is 120 cm³/mol. The summed E-state index contributed by atoms with van der Waals surface area (Å²) in [4.78, 5) is 33.2. The number of rotatable bonds is 8. The molecule has 1 heterocycles. The van der Waals surface area contributed by atoms with Gasteiger partial charge in [0.15, 0.2) is 0 Å². The number of aromatic nitrogens is 1. The second-order valence-electron chi connectivity index (χ2n) is 7.53. The molecule has 1 aromatic carbocycles. The number of urea groups is 1. The fourth-order valence-corrected chi connectivity index (χ4v) is 3.70. The first-order valence-electron chi connectivity index (χ1n) is 10.2. The molecule has 0 spiro atoms. The van der Waals surface area contributed by atoms with Gasteiger partial charge in [-0.25, -0.2) is 9.78 Å². The Balaban J connectivity index is 2.08. The van der Waals surface area contributed by atoms with Crippen LogP contribution < -0.4 is 5.32 Å². The van der Waals surface area contributed by atoms with E-state index < -0.39 is 0 Å². The molecular formula is C22H32N4O2S. The number of hydrogen-bond donors (Lipinski definition) is 1. The maximum absolute atomic E-state index is 12.8. The van der Waals surface area contributed by atoms with E-state index in [-0.39, 0.29) is 18.0 Å². The third-order valence-corrected chi connectivity index (χ3v) is 5.67. The molecule has 0 bridgehead atoms. The van der Waals surface area contributed by atoms with Gasteiger partial charge in [-0.15, -0.1) is 11.3 Å². The number of nitrogens with one attached hydrogen (secondary N) is 1. The second-order valence-corrected chi connectivity index (χ2v) is 8.48. The van der Waals surface area contributed by atoms with Gasteiger partial charge < -0.3 is 15.1 Å². The lowest BCUT2D eigenvalue weighted by molar-refractivity contribution is 0.0767. The third kappa shape index (κ3) is 6.03. The first kappa shape index (κ1) is 22.9. The number of thiazole rings is 1. The summed E-state index contributed by atoms with van der Waals surface area (Å²) in [6, 6.07) is 7.74. The van der Waals surface area contributed by atoms with Crippen LogP contribution in [0.3, 0.4) is 0 Å². The van der Waals surface area contributed by atoms with E-state index in [9.17, 15) is 9.59 Å². The average molecular weight is 417 g/mol. The molecule has 7 heteroatoms. The van der Waals surface area contributed by atoms with E-state index in [0.29, 0.717) is 31.2 Å². The van der Waals surface area contributed by atoms with Gasteiger partial charge in [-0.3, -0.25) is 4.79 Å². The van der Waals surface area contributed by atoms with Crippen molar-refractivity contribution in [3.63, 3.8) is 0 Å². The van der Waals surface area contributed by atoms with Crippen LogP contribution in [-0.4, -0.2) is 45.9 Å². The fourth-order valence-electron chi connectivity index (χ4n) is 2.94. The van der Waals surface area contributed by atoms with Crippen molar-refractivity contribution in [3.05, 3.63) is 45.9 Å². The van der Waals surface area contributed by atoms with Crippen LogP contribution in [0.4, 0.5) is 10.5 Å². The lowest BCUT2D eigenvalue weighted by atomic mass is 10.0. The van der Waals surface area contributed by atoms with Gasteiger partial charge in [0.05, 0.1) is 6.54 Å². The standard InChI is InChI=1S/C22H32N4O2S/c1-7-25(8-2)21(27)19-14-29-20(24-19)13-26(16(5)6)22(28)23-18-11-9-17(10-12-18)15(3)4/h9-12,14-16H,7-8,13H2,1-6H3,(H,23,28). The van der Waals surface area contributed by atoms with Crippen LogP contribution >= 0.6 is 11.3 Å². The van der Waals surface area contributed by atoms with Gasteiger partial charge in [-0.1, -0.05) is 26.0 Å². The molecule has 0 radical (unpaired) electrons. The molecule has 29 heavy (non-hydrogen) atoms. The largest absolute Gasteiger partial charge is 0.338 e. The van der Waals surface area contributed by atoms with Gasteiger partial charge in [0.1, 0.15) is 10.7 Å². The molecule has 1 aromatic heterocycles. The van der Waals surface area contributed by atoms with Gasteiger partial charge in [-0.05, 0) is 51.3 Å². The zero-order valence-electron chi connectivity index (χ0n) is 18.2. The van der Waals surface area contributed by atoms with Crippen molar-refractivity contribution in [2.24, 2.45) is 0 Å². The normalized spacial score (nSPS) is 11.0. The lowest BCUT2D eigenvalue weighted by Gasteiger charge is -2.26. The molecule has 2 rings (SSSR count). The van der Waals surface area contributed by atoms with Crippen LogP contribution in [-0.2, 0) is 6.54 Å². The topological polar surface area (TPSA) is 65.5 Å². The third-order valence-electron chi connectivity index (χ3n) is 4.84. The first-order valence-corrected chi connectivity index (χ1v) is 11.1. The number of carbonyl (C=O) groups excluding carboxylic acids is 2. The van der Waals surface area contributed by atoms with Crippen LogP contribution in [0.1, 0.15) is 68.5 Å². The average Bonchev–Trinajstić information content (AvgIpc) is 3.15. The summed E-state index contributed by atoms with van der Waals surface area (Å²) in [5.74, 6) is 0.383. The predicted octanol–water partition coefficient (Wildman–Crippen LogP) is 5.19. The van der Waals surface area contributed by atoms with Gasteiger partial charge in [0.25, 0.3) is 5.91 Å². The Morgan fingerprint density at radius 2 is 1.69 bits per heavy atom. The van der Waals surface area contributed by atoms with Gasteiger partial charge in [-0.2, -0.15) is 0 Å². The molecule has 0 unspecified atom stereocenters. The highest BCUT2D eigenvalue weighted by Crippen LogP contribution is 2.19. The molecule has 158 valence electrons. The maximum atomic E-state index is 12.8. The molecule has 0 fully saturated rings. The van der Waals surface area contributed by atoms with Crippen LogP contribution in [0.15, 0.2) is 29.6 Å². The Hall–Kier alpha value is -2.41. The van der Waals surface area contributed by atoms with E-state index in [0.717, 1.165) is 10.7 Å². The number of benzene rings is 1. The second kappa shape index (κ2) is 10.4. The summed E-state index contributed by atoms with van der Waals surface area (Å²) in [5, 5.41) is 5.49. The van der Waals surface area contributed by atoms with Gasteiger partial charge >= 0.3 is 6.03 Å². The summed E-state index contributed by atoms with van der Waals surface area (Å²) in [5.41, 5.74) is 2.44. The van der Waals surface area contributed by atoms with Crippen molar-refractivity contribution in [2.75, 3.05) is 18.4 Å². The summed E-state index contributed by atoms with van der Waals surface area (Å²) in [6.07, 6.45) is 0. The van der Waals surface area contributed by atoms with Crippen molar-refractivity contribution in [1.82, 2.24) is 14.8 Å². The number of anilines is 1. The highest BCUT2D eigenvalue weighted by Gasteiger charge is 2.21. The summed E-state index contributed by atoms with van der Waals surface area (Å²) in [6.45, 7) is 13.8. The van der Waals surface area contributed by atoms with Crippen LogP contribution in [0, 0.1) is 0 Å². The van der Waals surface area contributed by atoms with Gasteiger partial charge in [0.2, 0.25) is 0 Å². The van der Waals surface area contributed by atoms with Crippen molar-refractivity contribution < 1.29 is 9.59 Å². The highest BCUT2D eigenvalue weighted by molar-refractivity contribution is 7.09. The van der Waals surface area contributed by atoms with Crippen molar-refractivity contribution in [2.45, 2.75) is 60.0 Å². The molecule has 0 saturated heterocycles. The quantitative estimate of drug-likeness (QED) is 0.644. The van der Waals surface area contributed by atoms with E-state index in [1.807, 2.05) is 52.0 Å². The Kier molecular flexibility index (Phi) is 8.20. The SMILES string of the molecule is CCN(CC)C(=O)c1csc(CN(C(=O)Nc2ccc(C(C)C)cc2)C(C)C)n1.